The van der Waals surface area contributed by atoms with Gasteiger partial charge >= 0.3 is 0 Å². The minimum Gasteiger partial charge on any atom is -0.387 e. The second-order valence-corrected chi connectivity index (χ2v) is 5.49. The zero-order valence-electron chi connectivity index (χ0n) is 12.2. The fraction of sp³-hybridized carbons (Fsp3) is 0.562. The van der Waals surface area contributed by atoms with Gasteiger partial charge in [0.15, 0.2) is 0 Å². The molecule has 1 saturated heterocycles. The molecule has 1 heterocycles. The SMILES string of the molecule is CCCC1CCN(C(=O)c2cc(C)ccc2NC)C1. The van der Waals surface area contributed by atoms with E-state index in [0.717, 1.165) is 36.3 Å². The number of nitrogens with zero attached hydrogens (tertiary/aromatic N) is 1. The maximum absolute atomic E-state index is 12.6. The highest BCUT2D eigenvalue weighted by molar-refractivity contribution is 6.00. The molecule has 0 aromatic heterocycles. The molecule has 3 heteroatoms. The van der Waals surface area contributed by atoms with E-state index in [-0.39, 0.29) is 5.91 Å². The van der Waals surface area contributed by atoms with E-state index in [9.17, 15) is 4.79 Å². The van der Waals surface area contributed by atoms with Gasteiger partial charge in [0.1, 0.15) is 0 Å². The molecule has 1 aliphatic heterocycles. The van der Waals surface area contributed by atoms with Gasteiger partial charge in [-0.15, -0.1) is 0 Å². The fourth-order valence-corrected chi connectivity index (χ4v) is 2.88. The predicted octanol–water partition coefficient (Wildman–Crippen LogP) is 3.30. The first-order chi connectivity index (χ1) is 9.15. The highest BCUT2D eigenvalue weighted by Crippen LogP contribution is 2.25. The number of rotatable bonds is 4. The lowest BCUT2D eigenvalue weighted by atomic mass is 10.0. The lowest BCUT2D eigenvalue weighted by Crippen LogP contribution is -2.29. The Hall–Kier alpha value is -1.51. The van der Waals surface area contributed by atoms with Crippen molar-refractivity contribution in [3.05, 3.63) is 29.3 Å². The van der Waals surface area contributed by atoms with Crippen molar-refractivity contribution in [1.82, 2.24) is 4.90 Å². The average molecular weight is 260 g/mol. The molecule has 1 aromatic carbocycles. The van der Waals surface area contributed by atoms with Crippen molar-refractivity contribution in [3.8, 4) is 0 Å². The molecular formula is C16H24N2O. The summed E-state index contributed by atoms with van der Waals surface area (Å²) < 4.78 is 0. The quantitative estimate of drug-likeness (QED) is 0.901. The molecule has 104 valence electrons. The van der Waals surface area contributed by atoms with Crippen molar-refractivity contribution in [1.29, 1.82) is 0 Å². The van der Waals surface area contributed by atoms with Gasteiger partial charge < -0.3 is 10.2 Å². The lowest BCUT2D eigenvalue weighted by molar-refractivity contribution is 0.0787. The van der Waals surface area contributed by atoms with Crippen LogP contribution < -0.4 is 5.32 Å². The molecule has 1 N–H and O–H groups in total. The molecule has 19 heavy (non-hydrogen) atoms. The summed E-state index contributed by atoms with van der Waals surface area (Å²) in [5.41, 5.74) is 2.86. The topological polar surface area (TPSA) is 32.3 Å². The van der Waals surface area contributed by atoms with E-state index in [1.807, 2.05) is 37.1 Å². The predicted molar refractivity (Wildman–Crippen MR) is 79.6 cm³/mol. The van der Waals surface area contributed by atoms with Crippen LogP contribution in [0.25, 0.3) is 0 Å². The monoisotopic (exact) mass is 260 g/mol. The molecule has 1 amide bonds. The number of aryl methyl sites for hydroxylation is 1. The van der Waals surface area contributed by atoms with Gasteiger partial charge in [-0.3, -0.25) is 4.79 Å². The van der Waals surface area contributed by atoms with Gasteiger partial charge in [0.2, 0.25) is 0 Å². The van der Waals surface area contributed by atoms with Gasteiger partial charge in [0, 0.05) is 25.8 Å². The largest absolute Gasteiger partial charge is 0.387 e. The molecule has 2 rings (SSSR count). The van der Waals surface area contributed by atoms with Crippen LogP contribution in [0.5, 0.6) is 0 Å². The van der Waals surface area contributed by atoms with E-state index in [0.29, 0.717) is 5.92 Å². The molecule has 0 bridgehead atoms. The number of amides is 1. The summed E-state index contributed by atoms with van der Waals surface area (Å²) in [6, 6.07) is 6.01. The Balaban J connectivity index is 2.14. The number of hydrogen-bond acceptors (Lipinski definition) is 2. The van der Waals surface area contributed by atoms with E-state index in [4.69, 9.17) is 0 Å². The average Bonchev–Trinajstić information content (AvgIpc) is 2.87. The molecule has 0 aliphatic carbocycles. The third-order valence-corrected chi connectivity index (χ3v) is 3.94. The molecule has 0 spiro atoms. The van der Waals surface area contributed by atoms with Gasteiger partial charge in [0.05, 0.1) is 5.56 Å². The van der Waals surface area contributed by atoms with Crippen LogP contribution in [0.15, 0.2) is 18.2 Å². The van der Waals surface area contributed by atoms with Crippen LogP contribution >= 0.6 is 0 Å². The van der Waals surface area contributed by atoms with E-state index < -0.39 is 0 Å². The fourth-order valence-electron chi connectivity index (χ4n) is 2.88. The second-order valence-electron chi connectivity index (χ2n) is 5.49. The summed E-state index contributed by atoms with van der Waals surface area (Å²) in [5, 5.41) is 3.12. The summed E-state index contributed by atoms with van der Waals surface area (Å²) in [7, 11) is 1.87. The Labute approximate surface area is 116 Å². The summed E-state index contributed by atoms with van der Waals surface area (Å²) in [4.78, 5) is 14.6. The van der Waals surface area contributed by atoms with E-state index in [1.54, 1.807) is 0 Å². The maximum Gasteiger partial charge on any atom is 0.255 e. The summed E-state index contributed by atoms with van der Waals surface area (Å²) in [5.74, 6) is 0.864. The van der Waals surface area contributed by atoms with Crippen LogP contribution in [0.3, 0.4) is 0 Å². The van der Waals surface area contributed by atoms with Gasteiger partial charge in [-0.25, -0.2) is 0 Å². The van der Waals surface area contributed by atoms with Gasteiger partial charge in [0.25, 0.3) is 5.91 Å². The van der Waals surface area contributed by atoms with Crippen molar-refractivity contribution < 1.29 is 4.79 Å². The van der Waals surface area contributed by atoms with Crippen molar-refractivity contribution in [2.45, 2.75) is 33.1 Å². The Bertz CT molecular complexity index is 456. The Morgan fingerprint density at radius 3 is 2.95 bits per heavy atom. The minimum absolute atomic E-state index is 0.173. The van der Waals surface area contributed by atoms with Crippen LogP contribution in [-0.4, -0.2) is 30.9 Å². The van der Waals surface area contributed by atoms with Crippen molar-refractivity contribution >= 4 is 11.6 Å². The van der Waals surface area contributed by atoms with Gasteiger partial charge in [-0.1, -0.05) is 25.0 Å². The third kappa shape index (κ3) is 3.09. The maximum atomic E-state index is 12.6. The number of anilines is 1. The number of carbonyl (C=O) groups excluding carboxylic acids is 1. The Morgan fingerprint density at radius 2 is 2.26 bits per heavy atom. The number of hydrogen-bond donors (Lipinski definition) is 1. The first-order valence-electron chi connectivity index (χ1n) is 7.23. The molecular weight excluding hydrogens is 236 g/mol. The third-order valence-electron chi connectivity index (χ3n) is 3.94. The molecule has 1 aromatic rings. The number of nitrogens with one attached hydrogen (secondary N) is 1. The molecule has 1 atom stereocenters. The molecule has 1 fully saturated rings. The normalized spacial score (nSPS) is 18.7. The molecule has 3 nitrogen and oxygen atoms in total. The minimum atomic E-state index is 0.173. The second kappa shape index (κ2) is 6.09. The van der Waals surface area contributed by atoms with Crippen LogP contribution in [0.4, 0.5) is 5.69 Å². The summed E-state index contributed by atoms with van der Waals surface area (Å²) >= 11 is 0. The smallest absolute Gasteiger partial charge is 0.255 e. The highest BCUT2D eigenvalue weighted by atomic mass is 16.2. The number of benzene rings is 1. The Kier molecular flexibility index (Phi) is 4.46. The molecule has 1 unspecified atom stereocenters. The van der Waals surface area contributed by atoms with Crippen LogP contribution in [-0.2, 0) is 0 Å². The number of carbonyl (C=O) groups is 1. The van der Waals surface area contributed by atoms with E-state index in [1.165, 1.54) is 12.8 Å². The van der Waals surface area contributed by atoms with Crippen molar-refractivity contribution in [2.24, 2.45) is 5.92 Å². The Morgan fingerprint density at radius 1 is 1.47 bits per heavy atom. The molecule has 0 radical (unpaired) electrons. The van der Waals surface area contributed by atoms with Gasteiger partial charge in [-0.2, -0.15) is 0 Å². The van der Waals surface area contributed by atoms with Crippen molar-refractivity contribution in [2.75, 3.05) is 25.5 Å². The zero-order chi connectivity index (χ0) is 13.8. The molecule has 0 saturated carbocycles. The van der Waals surface area contributed by atoms with E-state index in [2.05, 4.69) is 12.2 Å². The lowest BCUT2D eigenvalue weighted by Gasteiger charge is -2.19. The standard InChI is InChI=1S/C16H24N2O/c1-4-5-13-8-9-18(11-13)16(19)14-10-12(2)6-7-15(14)17-3/h6-7,10,13,17H,4-5,8-9,11H2,1-3H3. The van der Waals surface area contributed by atoms with E-state index >= 15 is 0 Å². The molecule has 1 aliphatic rings. The van der Waals surface area contributed by atoms with Crippen LogP contribution in [0.2, 0.25) is 0 Å². The highest BCUT2D eigenvalue weighted by Gasteiger charge is 2.27. The first kappa shape index (κ1) is 13.9. The zero-order valence-corrected chi connectivity index (χ0v) is 12.2. The van der Waals surface area contributed by atoms with Crippen molar-refractivity contribution in [3.63, 3.8) is 0 Å². The van der Waals surface area contributed by atoms with Gasteiger partial charge in [-0.05, 0) is 37.8 Å². The van der Waals surface area contributed by atoms with Crippen LogP contribution in [0.1, 0.15) is 42.1 Å². The summed E-state index contributed by atoms with van der Waals surface area (Å²) in [6.45, 7) is 6.06. The summed E-state index contributed by atoms with van der Waals surface area (Å²) in [6.07, 6.45) is 3.59. The van der Waals surface area contributed by atoms with Crippen LogP contribution in [0, 0.1) is 12.8 Å². The first-order valence-corrected chi connectivity index (χ1v) is 7.23. The number of likely N-dealkylation sites (tertiary alicyclic amines) is 1.